The summed E-state index contributed by atoms with van der Waals surface area (Å²) in [7, 11) is 0. The van der Waals surface area contributed by atoms with Crippen LogP contribution in [0.25, 0.3) is 27.1 Å². The number of imidazole rings is 1. The van der Waals surface area contributed by atoms with Gasteiger partial charge in [-0.05, 0) is 43.7 Å². The Morgan fingerprint density at radius 2 is 1.98 bits per heavy atom. The number of hydrogen-bond acceptors (Lipinski definition) is 7. The van der Waals surface area contributed by atoms with Crippen LogP contribution in [0.3, 0.4) is 0 Å². The van der Waals surface area contributed by atoms with E-state index < -0.39 is 17.6 Å². The Bertz CT molecular complexity index is 2010. The predicted octanol–water partition coefficient (Wildman–Crippen LogP) is 5.68. The maximum Gasteiger partial charge on any atom is 0.341 e. The molecule has 0 aliphatic carbocycles. The van der Waals surface area contributed by atoms with Crippen LogP contribution in [0.15, 0.2) is 71.7 Å². The second-order valence-electron chi connectivity index (χ2n) is 10.4. The van der Waals surface area contributed by atoms with E-state index in [0.29, 0.717) is 35.8 Å². The first-order valence-electron chi connectivity index (χ1n) is 14.3. The molecule has 1 atom stereocenters. The molecule has 0 bridgehead atoms. The number of ether oxygens (including phenoxy) is 3. The molecule has 45 heavy (non-hydrogen) atoms. The first-order chi connectivity index (χ1) is 21.8. The second kappa shape index (κ2) is 12.7. The third-order valence-corrected chi connectivity index (χ3v) is 7.47. The van der Waals surface area contributed by atoms with Gasteiger partial charge in [0, 0.05) is 36.1 Å². The molecule has 4 heterocycles. The molecule has 0 N–H and O–H groups in total. The zero-order valence-corrected chi connectivity index (χ0v) is 24.2. The molecule has 0 saturated carbocycles. The van der Waals surface area contributed by atoms with Gasteiger partial charge in [0.2, 0.25) is 5.88 Å². The van der Waals surface area contributed by atoms with Gasteiger partial charge in [0.1, 0.15) is 23.8 Å². The fourth-order valence-electron chi connectivity index (χ4n) is 5.03. The van der Waals surface area contributed by atoms with Crippen LogP contribution in [0.4, 0.5) is 14.5 Å². The number of benzene rings is 2. The molecule has 228 valence electrons. The lowest BCUT2D eigenvalue weighted by Crippen LogP contribution is -2.32. The van der Waals surface area contributed by atoms with Crippen molar-refractivity contribution >= 4 is 22.7 Å². The molecule has 6 rings (SSSR count). The molecule has 5 aromatic rings. The molecule has 1 fully saturated rings. The van der Waals surface area contributed by atoms with E-state index >= 15 is 4.39 Å². The van der Waals surface area contributed by atoms with Crippen LogP contribution in [0.5, 0.6) is 5.88 Å². The van der Waals surface area contributed by atoms with Crippen LogP contribution in [0, 0.1) is 18.2 Å². The van der Waals surface area contributed by atoms with Crippen molar-refractivity contribution in [2.24, 2.45) is 0 Å². The molecule has 12 heteroatoms. The van der Waals surface area contributed by atoms with Crippen LogP contribution in [0.1, 0.15) is 35.1 Å². The van der Waals surface area contributed by atoms with Gasteiger partial charge in [0.15, 0.2) is 11.5 Å². The number of carbonyl (C=O) groups is 1. The molecular formula is C33H27F2N5O5. The second-order valence-corrected chi connectivity index (χ2v) is 10.4. The predicted molar refractivity (Wildman–Crippen MR) is 160 cm³/mol. The Morgan fingerprint density at radius 3 is 2.69 bits per heavy atom. The van der Waals surface area contributed by atoms with Crippen LogP contribution in [0.2, 0.25) is 0 Å². The van der Waals surface area contributed by atoms with Gasteiger partial charge in [-0.3, -0.25) is 4.79 Å². The van der Waals surface area contributed by atoms with Crippen molar-refractivity contribution in [3.63, 3.8) is 0 Å². The summed E-state index contributed by atoms with van der Waals surface area (Å²) in [4.78, 5) is 37.9. The summed E-state index contributed by atoms with van der Waals surface area (Å²) in [6.45, 7) is 9.64. The van der Waals surface area contributed by atoms with Gasteiger partial charge in [-0.2, -0.15) is 0 Å². The monoisotopic (exact) mass is 611 g/mol. The quantitative estimate of drug-likeness (QED) is 0.148. The number of aromatic nitrogens is 4. The Morgan fingerprint density at radius 1 is 1.13 bits per heavy atom. The van der Waals surface area contributed by atoms with E-state index in [1.54, 1.807) is 48.0 Å². The van der Waals surface area contributed by atoms with Crippen LogP contribution in [-0.2, 0) is 29.2 Å². The molecule has 0 radical (unpaired) electrons. The highest BCUT2D eigenvalue weighted by atomic mass is 19.1. The van der Waals surface area contributed by atoms with Crippen molar-refractivity contribution < 1.29 is 27.8 Å². The van der Waals surface area contributed by atoms with Gasteiger partial charge in [-0.15, -0.1) is 0 Å². The topological polar surface area (TPSA) is 102 Å². The van der Waals surface area contributed by atoms with Crippen LogP contribution >= 0.6 is 0 Å². The molecular weight excluding hydrogens is 584 g/mol. The third-order valence-electron chi connectivity index (χ3n) is 7.47. The maximum absolute atomic E-state index is 15.7. The highest BCUT2D eigenvalue weighted by Crippen LogP contribution is 2.27. The number of rotatable bonds is 10. The van der Waals surface area contributed by atoms with E-state index in [4.69, 9.17) is 20.8 Å². The lowest BCUT2D eigenvalue weighted by Gasteiger charge is -2.27. The first-order valence-corrected chi connectivity index (χ1v) is 14.3. The lowest BCUT2D eigenvalue weighted by molar-refractivity contribution is -0.0590. The van der Waals surface area contributed by atoms with Gasteiger partial charge < -0.3 is 23.3 Å². The largest absolute Gasteiger partial charge is 0.473 e. The summed E-state index contributed by atoms with van der Waals surface area (Å²) < 4.78 is 49.3. The molecule has 1 saturated heterocycles. The SMILES string of the molecule is [C-]#[N+]c1ccc(COc2cccc(-c3ccn(Cc4nc5ccc(C(=O)OCC)c(F)c5n4C[C@@H]4CCO4)c(=O)c3)n2)c(F)c1. The zero-order valence-electron chi connectivity index (χ0n) is 24.2. The molecule has 1 aliphatic rings. The van der Waals surface area contributed by atoms with Gasteiger partial charge in [-0.1, -0.05) is 18.2 Å². The van der Waals surface area contributed by atoms with Crippen molar-refractivity contribution in [2.75, 3.05) is 13.2 Å². The highest BCUT2D eigenvalue weighted by Gasteiger charge is 2.26. The average molecular weight is 612 g/mol. The molecule has 0 amide bonds. The molecule has 10 nitrogen and oxygen atoms in total. The van der Waals surface area contributed by atoms with Gasteiger partial charge in [0.05, 0.1) is 49.1 Å². The van der Waals surface area contributed by atoms with E-state index in [9.17, 15) is 14.0 Å². The Kier molecular flexibility index (Phi) is 8.35. The molecule has 3 aromatic heterocycles. The van der Waals surface area contributed by atoms with Gasteiger partial charge in [-0.25, -0.2) is 28.4 Å². The summed E-state index contributed by atoms with van der Waals surface area (Å²) in [6.07, 6.45) is 2.26. The number of nitrogens with zero attached hydrogens (tertiary/aromatic N) is 5. The van der Waals surface area contributed by atoms with Crippen molar-refractivity contribution in [3.8, 4) is 17.1 Å². The fourth-order valence-corrected chi connectivity index (χ4v) is 5.03. The number of fused-ring (bicyclic) bond motifs is 1. The number of esters is 1. The summed E-state index contributed by atoms with van der Waals surface area (Å²) in [5.74, 6) is -1.37. The lowest BCUT2D eigenvalue weighted by atomic mass is 10.1. The van der Waals surface area contributed by atoms with Crippen LogP contribution < -0.4 is 10.3 Å². The number of hydrogen-bond donors (Lipinski definition) is 0. The Balaban J connectivity index is 1.25. The third kappa shape index (κ3) is 6.16. The minimum Gasteiger partial charge on any atom is -0.473 e. The Labute approximate surface area is 256 Å². The van der Waals surface area contributed by atoms with Gasteiger partial charge in [0.25, 0.3) is 5.56 Å². The Hall–Kier alpha value is -5.41. The van der Waals surface area contributed by atoms with E-state index in [1.807, 2.05) is 0 Å². The molecule has 2 aromatic carbocycles. The first kappa shape index (κ1) is 29.7. The van der Waals surface area contributed by atoms with E-state index in [1.165, 1.54) is 28.8 Å². The summed E-state index contributed by atoms with van der Waals surface area (Å²) in [6, 6.07) is 15.3. The molecule has 1 aliphatic heterocycles. The van der Waals surface area contributed by atoms with Crippen molar-refractivity contribution in [2.45, 2.75) is 39.1 Å². The van der Waals surface area contributed by atoms with Crippen molar-refractivity contribution in [1.82, 2.24) is 19.1 Å². The van der Waals surface area contributed by atoms with Crippen molar-refractivity contribution in [1.29, 1.82) is 0 Å². The molecule has 0 unspecified atom stereocenters. The maximum atomic E-state index is 15.7. The number of carbonyl (C=O) groups excluding carboxylic acids is 1. The average Bonchev–Trinajstić information content (AvgIpc) is 3.37. The summed E-state index contributed by atoms with van der Waals surface area (Å²) in [5.41, 5.74) is 1.47. The van der Waals surface area contributed by atoms with E-state index in [2.05, 4.69) is 14.8 Å². The van der Waals surface area contributed by atoms with E-state index in [0.717, 1.165) is 12.5 Å². The number of halogens is 2. The standard InChI is InChI=1S/C33H27F2N5O5/c1-3-43-33(42)24-9-10-27-32(31(24)35)40(17-23-12-14-44-23)28(37-27)18-39-13-11-20(15-30(39)41)26-5-4-6-29(38-26)45-19-21-7-8-22(36-2)16-25(21)34/h4-11,13,15-16,23H,3,12,14,17-19H2,1H3/t23-/m0/s1. The summed E-state index contributed by atoms with van der Waals surface area (Å²) in [5, 5.41) is 0. The van der Waals surface area contributed by atoms with E-state index in [-0.39, 0.29) is 59.6 Å². The minimum atomic E-state index is -0.761. The highest BCUT2D eigenvalue weighted by molar-refractivity contribution is 5.94. The zero-order chi connectivity index (χ0) is 31.5. The minimum absolute atomic E-state index is 0.0448. The normalized spacial score (nSPS) is 14.1. The number of pyridine rings is 2. The smallest absolute Gasteiger partial charge is 0.341 e. The fraction of sp³-hybridized carbons (Fsp3) is 0.242. The van der Waals surface area contributed by atoms with Gasteiger partial charge >= 0.3 is 5.97 Å². The van der Waals surface area contributed by atoms with Crippen molar-refractivity contribution in [3.05, 3.63) is 117 Å². The molecule has 0 spiro atoms. The van der Waals surface area contributed by atoms with Crippen LogP contribution in [-0.4, -0.2) is 44.4 Å². The summed E-state index contributed by atoms with van der Waals surface area (Å²) >= 11 is 0.